The second-order valence-corrected chi connectivity index (χ2v) is 4.49. The molecule has 0 saturated heterocycles. The van der Waals surface area contributed by atoms with Gasteiger partial charge in [-0.05, 0) is 18.1 Å². The largest absolute Gasteiger partial charge is 0.326 e. The molecule has 2 N–H and O–H groups in total. The molecule has 92 valence electrons. The minimum Gasteiger partial charge on any atom is -0.326 e. The van der Waals surface area contributed by atoms with Gasteiger partial charge in [-0.25, -0.2) is 0 Å². The molecule has 2 aromatic carbocycles. The van der Waals surface area contributed by atoms with Gasteiger partial charge in [0.25, 0.3) is 0 Å². The van der Waals surface area contributed by atoms with E-state index in [0.717, 1.165) is 16.7 Å². The first kappa shape index (κ1) is 12.5. The van der Waals surface area contributed by atoms with E-state index in [0.29, 0.717) is 13.0 Å². The third kappa shape index (κ3) is 3.05. The first-order chi connectivity index (χ1) is 8.69. The lowest BCUT2D eigenvalue weighted by Gasteiger charge is -2.03. The molecule has 2 nitrogen and oxygen atoms in total. The molecule has 0 bridgehead atoms. The van der Waals surface area contributed by atoms with Gasteiger partial charge in [-0.1, -0.05) is 54.1 Å². The van der Waals surface area contributed by atoms with Crippen LogP contribution in [-0.2, 0) is 13.0 Å². The molecule has 0 aromatic heterocycles. The molecule has 0 aliphatic rings. The van der Waals surface area contributed by atoms with Gasteiger partial charge in [-0.15, -0.1) is 0 Å². The third-order valence-corrected chi connectivity index (χ3v) is 3.00. The van der Waals surface area contributed by atoms with Crippen molar-refractivity contribution in [3.05, 3.63) is 70.8 Å². The van der Waals surface area contributed by atoms with Gasteiger partial charge in [-0.2, -0.15) is 0 Å². The van der Waals surface area contributed by atoms with Crippen LogP contribution in [0.25, 0.3) is 0 Å². The fourth-order valence-electron chi connectivity index (χ4n) is 1.82. The van der Waals surface area contributed by atoms with Crippen molar-refractivity contribution in [2.75, 3.05) is 0 Å². The van der Waals surface area contributed by atoms with Crippen LogP contribution in [0.1, 0.15) is 27.0 Å². The van der Waals surface area contributed by atoms with Gasteiger partial charge < -0.3 is 5.73 Å². The van der Waals surface area contributed by atoms with Crippen molar-refractivity contribution >= 4 is 5.78 Å². The number of Topliss-reactive ketones (excluding diaryl/α,β-unsaturated/α-hetero) is 1. The number of carbonyl (C=O) groups is 1. The van der Waals surface area contributed by atoms with Crippen LogP contribution < -0.4 is 5.73 Å². The van der Waals surface area contributed by atoms with Gasteiger partial charge in [0.1, 0.15) is 0 Å². The predicted octanol–water partition coefficient (Wildman–Crippen LogP) is 2.88. The summed E-state index contributed by atoms with van der Waals surface area (Å²) in [5.41, 5.74) is 9.57. The first-order valence-corrected chi connectivity index (χ1v) is 6.07. The summed E-state index contributed by atoms with van der Waals surface area (Å²) >= 11 is 0. The molecular weight excluding hydrogens is 222 g/mol. The maximum absolute atomic E-state index is 12.1. The molecular formula is C16H17NO. The van der Waals surface area contributed by atoms with Gasteiger partial charge in [0.15, 0.2) is 5.78 Å². The molecule has 18 heavy (non-hydrogen) atoms. The van der Waals surface area contributed by atoms with E-state index in [1.807, 2.05) is 55.5 Å². The summed E-state index contributed by atoms with van der Waals surface area (Å²) in [6, 6.07) is 15.6. The predicted molar refractivity (Wildman–Crippen MR) is 73.5 cm³/mol. The lowest BCUT2D eigenvalue weighted by Crippen LogP contribution is -2.04. The highest BCUT2D eigenvalue weighted by molar-refractivity contribution is 5.97. The van der Waals surface area contributed by atoms with Crippen LogP contribution in [0.2, 0.25) is 0 Å². The molecule has 2 aromatic rings. The van der Waals surface area contributed by atoms with Crippen LogP contribution in [0, 0.1) is 6.92 Å². The Kier molecular flexibility index (Phi) is 3.90. The molecule has 2 heteroatoms. The van der Waals surface area contributed by atoms with Crippen molar-refractivity contribution in [1.29, 1.82) is 0 Å². The van der Waals surface area contributed by atoms with Crippen molar-refractivity contribution in [1.82, 2.24) is 0 Å². The fraction of sp³-hybridized carbons (Fsp3) is 0.188. The molecule has 0 saturated carbocycles. The van der Waals surface area contributed by atoms with E-state index < -0.39 is 0 Å². The summed E-state index contributed by atoms with van der Waals surface area (Å²) in [4.78, 5) is 12.1. The maximum atomic E-state index is 12.1. The summed E-state index contributed by atoms with van der Waals surface area (Å²) in [6.07, 6.45) is 0.447. The molecule has 0 heterocycles. The Hall–Kier alpha value is -1.93. The molecule has 0 radical (unpaired) electrons. The van der Waals surface area contributed by atoms with Crippen molar-refractivity contribution in [2.45, 2.75) is 19.9 Å². The highest BCUT2D eigenvalue weighted by atomic mass is 16.1. The van der Waals surface area contributed by atoms with Crippen LogP contribution >= 0.6 is 0 Å². The Labute approximate surface area is 107 Å². The van der Waals surface area contributed by atoms with Crippen molar-refractivity contribution < 1.29 is 4.79 Å². The van der Waals surface area contributed by atoms with E-state index in [9.17, 15) is 4.79 Å². The molecule has 0 amide bonds. The van der Waals surface area contributed by atoms with Crippen LogP contribution in [0.4, 0.5) is 0 Å². The standard InChI is InChI=1S/C16H17NO/c1-12-2-4-13(5-3-12)10-16(18)15-8-6-14(11-17)7-9-15/h2-9H,10-11,17H2,1H3. The lowest BCUT2D eigenvalue weighted by molar-refractivity contribution is 0.0993. The molecule has 0 fully saturated rings. The quantitative estimate of drug-likeness (QED) is 0.834. The van der Waals surface area contributed by atoms with Crippen LogP contribution in [0.5, 0.6) is 0 Å². The third-order valence-electron chi connectivity index (χ3n) is 3.00. The fourth-order valence-corrected chi connectivity index (χ4v) is 1.82. The van der Waals surface area contributed by atoms with Gasteiger partial charge in [0.05, 0.1) is 0 Å². The molecule has 0 spiro atoms. The average molecular weight is 239 g/mol. The number of carbonyl (C=O) groups excluding carboxylic acids is 1. The van der Waals surface area contributed by atoms with Crippen LogP contribution in [0.15, 0.2) is 48.5 Å². The van der Waals surface area contributed by atoms with E-state index in [1.54, 1.807) is 0 Å². The highest BCUT2D eigenvalue weighted by Crippen LogP contribution is 2.10. The number of hydrogen-bond acceptors (Lipinski definition) is 2. The minimum absolute atomic E-state index is 0.141. The maximum Gasteiger partial charge on any atom is 0.167 e. The van der Waals surface area contributed by atoms with Gasteiger partial charge >= 0.3 is 0 Å². The van der Waals surface area contributed by atoms with Crippen molar-refractivity contribution in [3.63, 3.8) is 0 Å². The van der Waals surface area contributed by atoms with E-state index in [-0.39, 0.29) is 5.78 Å². The lowest BCUT2D eigenvalue weighted by atomic mass is 10.0. The topological polar surface area (TPSA) is 43.1 Å². The molecule has 0 aliphatic carbocycles. The molecule has 2 rings (SSSR count). The Bertz CT molecular complexity index is 526. The van der Waals surface area contributed by atoms with Gasteiger partial charge in [0, 0.05) is 18.5 Å². The number of hydrogen-bond donors (Lipinski definition) is 1. The van der Waals surface area contributed by atoms with Crippen molar-refractivity contribution in [3.8, 4) is 0 Å². The molecule has 0 unspecified atom stereocenters. The summed E-state index contributed by atoms with van der Waals surface area (Å²) in [7, 11) is 0. The second-order valence-electron chi connectivity index (χ2n) is 4.49. The SMILES string of the molecule is Cc1ccc(CC(=O)c2ccc(CN)cc2)cc1. The normalized spacial score (nSPS) is 10.3. The Morgan fingerprint density at radius 3 is 2.06 bits per heavy atom. The first-order valence-electron chi connectivity index (χ1n) is 6.07. The number of aryl methyl sites for hydroxylation is 1. The van der Waals surface area contributed by atoms with Gasteiger partial charge in [0.2, 0.25) is 0 Å². The summed E-state index contributed by atoms with van der Waals surface area (Å²) in [5.74, 6) is 0.141. The zero-order valence-electron chi connectivity index (χ0n) is 10.5. The molecule has 0 aliphatic heterocycles. The number of ketones is 1. The Morgan fingerprint density at radius 1 is 0.944 bits per heavy atom. The summed E-state index contributed by atoms with van der Waals surface area (Å²) in [5, 5.41) is 0. The number of benzene rings is 2. The zero-order chi connectivity index (χ0) is 13.0. The summed E-state index contributed by atoms with van der Waals surface area (Å²) in [6.45, 7) is 2.55. The van der Waals surface area contributed by atoms with E-state index in [4.69, 9.17) is 5.73 Å². The smallest absolute Gasteiger partial charge is 0.167 e. The monoisotopic (exact) mass is 239 g/mol. The molecule has 0 atom stereocenters. The zero-order valence-corrected chi connectivity index (χ0v) is 10.5. The van der Waals surface area contributed by atoms with Crippen LogP contribution in [-0.4, -0.2) is 5.78 Å². The average Bonchev–Trinajstić information content (AvgIpc) is 2.41. The second kappa shape index (κ2) is 5.61. The number of nitrogens with two attached hydrogens (primary N) is 1. The van der Waals surface area contributed by atoms with Crippen molar-refractivity contribution in [2.24, 2.45) is 5.73 Å². The van der Waals surface area contributed by atoms with E-state index in [2.05, 4.69) is 0 Å². The Balaban J connectivity index is 2.09. The highest BCUT2D eigenvalue weighted by Gasteiger charge is 2.06. The summed E-state index contributed by atoms with van der Waals surface area (Å²) < 4.78 is 0. The van der Waals surface area contributed by atoms with Gasteiger partial charge in [-0.3, -0.25) is 4.79 Å². The minimum atomic E-state index is 0.141. The Morgan fingerprint density at radius 2 is 1.50 bits per heavy atom. The number of rotatable bonds is 4. The van der Waals surface area contributed by atoms with E-state index >= 15 is 0 Å². The van der Waals surface area contributed by atoms with Crippen LogP contribution in [0.3, 0.4) is 0 Å². The van der Waals surface area contributed by atoms with E-state index in [1.165, 1.54) is 5.56 Å².